The second-order valence-corrected chi connectivity index (χ2v) is 10.5. The van der Waals surface area contributed by atoms with Gasteiger partial charge in [0, 0.05) is 24.7 Å². The maximum absolute atomic E-state index is 13.2. The van der Waals surface area contributed by atoms with Gasteiger partial charge in [-0.2, -0.15) is 0 Å². The second-order valence-electron chi connectivity index (χ2n) is 10.5. The quantitative estimate of drug-likeness (QED) is 0.618. The van der Waals surface area contributed by atoms with E-state index >= 15 is 0 Å². The number of benzene rings is 1. The lowest BCUT2D eigenvalue weighted by Gasteiger charge is -2.59. The van der Waals surface area contributed by atoms with E-state index in [1.165, 1.54) is 50.8 Å². The largest absolute Gasteiger partial charge is 0.490 e. The summed E-state index contributed by atoms with van der Waals surface area (Å²) >= 11 is 0. The molecule has 1 saturated heterocycles. The predicted octanol–water partition coefficient (Wildman–Crippen LogP) is 6.04. The number of allylic oxidation sites excluding steroid dienone is 2. The molecule has 1 aliphatic heterocycles. The van der Waals surface area contributed by atoms with Crippen LogP contribution in [0.2, 0.25) is 0 Å². The Morgan fingerprint density at radius 2 is 1.89 bits per heavy atom. The minimum Gasteiger partial charge on any atom is -0.490 e. The minimum absolute atomic E-state index is 0.197. The molecule has 0 bridgehead atoms. The normalized spacial score (nSPS) is 42.3. The van der Waals surface area contributed by atoms with Crippen LogP contribution in [-0.4, -0.2) is 24.6 Å². The van der Waals surface area contributed by atoms with E-state index in [0.29, 0.717) is 10.8 Å². The zero-order chi connectivity index (χ0) is 19.5. The summed E-state index contributed by atoms with van der Waals surface area (Å²) in [6.07, 6.45) is 11.7. The third kappa shape index (κ3) is 2.80. The summed E-state index contributed by atoms with van der Waals surface area (Å²) in [6.45, 7) is 6.27. The van der Waals surface area contributed by atoms with Crippen LogP contribution in [0.5, 0.6) is 5.75 Å². The van der Waals surface area contributed by atoms with Crippen molar-refractivity contribution >= 4 is 0 Å². The first-order chi connectivity index (χ1) is 13.4. The number of rotatable bonds is 2. The van der Waals surface area contributed by atoms with Crippen molar-refractivity contribution in [2.24, 2.45) is 28.6 Å². The van der Waals surface area contributed by atoms with E-state index in [9.17, 15) is 4.39 Å². The maximum atomic E-state index is 13.2. The lowest BCUT2D eigenvalue weighted by molar-refractivity contribution is -0.0620. The van der Waals surface area contributed by atoms with Crippen LogP contribution >= 0.6 is 0 Å². The van der Waals surface area contributed by atoms with Crippen molar-refractivity contribution in [2.75, 3.05) is 13.6 Å². The number of fused-ring (bicyclic) bond motifs is 5. The van der Waals surface area contributed by atoms with Gasteiger partial charge in [-0.05, 0) is 92.4 Å². The van der Waals surface area contributed by atoms with Gasteiger partial charge in [-0.25, -0.2) is 4.39 Å². The molecule has 1 aromatic rings. The number of hydrogen-bond donors (Lipinski definition) is 0. The van der Waals surface area contributed by atoms with Crippen molar-refractivity contribution in [2.45, 2.75) is 64.9 Å². The van der Waals surface area contributed by atoms with Crippen LogP contribution in [0, 0.1) is 34.4 Å². The van der Waals surface area contributed by atoms with Crippen molar-refractivity contribution < 1.29 is 9.13 Å². The van der Waals surface area contributed by atoms with E-state index in [4.69, 9.17) is 4.74 Å². The standard InChI is InChI=1S/C25H34FNO/c1-24-13-11-21-20(16-27(3)23-6-4-5-12-25(21,23)2)22(24)14-19(15-24)28-18-9-7-17(26)8-10-18/h6-10,19-22H,4-5,11-16H2,1-3H3/t19-,20+,21-,22-,24+,25+/m0/s1. The van der Waals surface area contributed by atoms with Gasteiger partial charge in [-0.15, -0.1) is 0 Å². The molecular weight excluding hydrogens is 349 g/mol. The van der Waals surface area contributed by atoms with E-state index in [1.54, 1.807) is 17.8 Å². The molecule has 4 aliphatic rings. The molecule has 3 heteroatoms. The average molecular weight is 384 g/mol. The molecule has 28 heavy (non-hydrogen) atoms. The van der Waals surface area contributed by atoms with Crippen LogP contribution in [0.3, 0.4) is 0 Å². The Bertz CT molecular complexity index is 773. The van der Waals surface area contributed by atoms with Gasteiger partial charge in [0.15, 0.2) is 0 Å². The van der Waals surface area contributed by atoms with Crippen LogP contribution in [0.25, 0.3) is 0 Å². The summed E-state index contributed by atoms with van der Waals surface area (Å²) in [5.41, 5.74) is 2.38. The fraction of sp³-hybridized carbons (Fsp3) is 0.680. The molecule has 0 aromatic heterocycles. The van der Waals surface area contributed by atoms with Gasteiger partial charge in [-0.3, -0.25) is 0 Å². The summed E-state index contributed by atoms with van der Waals surface area (Å²) in [7, 11) is 2.32. The molecule has 3 fully saturated rings. The number of nitrogens with zero attached hydrogens (tertiary/aromatic N) is 1. The number of halogens is 1. The third-order valence-corrected chi connectivity index (χ3v) is 8.82. The maximum Gasteiger partial charge on any atom is 0.123 e. The second kappa shape index (κ2) is 6.50. The van der Waals surface area contributed by atoms with Gasteiger partial charge >= 0.3 is 0 Å². The van der Waals surface area contributed by atoms with E-state index in [-0.39, 0.29) is 11.9 Å². The number of hydrogen-bond acceptors (Lipinski definition) is 2. The molecule has 1 aromatic carbocycles. The molecular formula is C25H34FNO. The Hall–Kier alpha value is -1.51. The van der Waals surface area contributed by atoms with Crippen LogP contribution in [0.1, 0.15) is 58.8 Å². The summed E-state index contributed by atoms with van der Waals surface area (Å²) in [6, 6.07) is 6.56. The van der Waals surface area contributed by atoms with Crippen molar-refractivity contribution in [3.05, 3.63) is 41.9 Å². The highest BCUT2D eigenvalue weighted by atomic mass is 19.1. The first-order valence-electron chi connectivity index (χ1n) is 11.2. The van der Waals surface area contributed by atoms with Crippen molar-refractivity contribution in [3.8, 4) is 5.75 Å². The molecule has 0 unspecified atom stereocenters. The molecule has 152 valence electrons. The molecule has 3 aliphatic carbocycles. The van der Waals surface area contributed by atoms with Gasteiger partial charge in [0.1, 0.15) is 11.6 Å². The molecule has 2 saturated carbocycles. The smallest absolute Gasteiger partial charge is 0.123 e. The molecule has 0 amide bonds. The highest BCUT2D eigenvalue weighted by Gasteiger charge is 2.59. The molecule has 6 atom stereocenters. The number of piperidine rings is 1. The topological polar surface area (TPSA) is 12.5 Å². The first-order valence-corrected chi connectivity index (χ1v) is 11.2. The van der Waals surface area contributed by atoms with Gasteiger partial charge in [0.2, 0.25) is 0 Å². The molecule has 0 spiro atoms. The van der Waals surface area contributed by atoms with E-state index in [0.717, 1.165) is 36.3 Å². The van der Waals surface area contributed by atoms with Crippen molar-refractivity contribution in [1.82, 2.24) is 4.90 Å². The zero-order valence-electron chi connectivity index (χ0n) is 17.6. The Labute approximate surface area is 169 Å². The van der Waals surface area contributed by atoms with Gasteiger partial charge in [0.25, 0.3) is 0 Å². The van der Waals surface area contributed by atoms with E-state index in [1.807, 2.05) is 0 Å². The summed E-state index contributed by atoms with van der Waals surface area (Å²) in [5.74, 6) is 2.94. The first kappa shape index (κ1) is 18.5. The minimum atomic E-state index is -0.197. The Morgan fingerprint density at radius 3 is 2.68 bits per heavy atom. The molecule has 1 heterocycles. The third-order valence-electron chi connectivity index (χ3n) is 8.82. The zero-order valence-corrected chi connectivity index (χ0v) is 17.6. The lowest BCUT2D eigenvalue weighted by Crippen LogP contribution is -2.55. The summed E-state index contributed by atoms with van der Waals surface area (Å²) < 4.78 is 19.6. The van der Waals surface area contributed by atoms with Crippen LogP contribution in [0.4, 0.5) is 4.39 Å². The van der Waals surface area contributed by atoms with Crippen LogP contribution in [-0.2, 0) is 0 Å². The SMILES string of the molecule is CN1C[C@H]2[C@@H]3C[C@H](Oc4ccc(F)cc4)C[C@@]3(C)CC[C@@H]2[C@@]2(C)CCCC=C12. The van der Waals surface area contributed by atoms with Gasteiger partial charge in [-0.1, -0.05) is 19.9 Å². The highest BCUT2D eigenvalue weighted by molar-refractivity contribution is 5.25. The Kier molecular flexibility index (Phi) is 4.30. The molecule has 0 radical (unpaired) electrons. The van der Waals surface area contributed by atoms with Crippen molar-refractivity contribution in [1.29, 1.82) is 0 Å². The molecule has 0 N–H and O–H groups in total. The van der Waals surface area contributed by atoms with Crippen LogP contribution in [0.15, 0.2) is 36.0 Å². The Balaban J connectivity index is 1.39. The monoisotopic (exact) mass is 383 g/mol. The number of likely N-dealkylation sites (tertiary alicyclic amines) is 1. The van der Waals surface area contributed by atoms with E-state index < -0.39 is 0 Å². The fourth-order valence-corrected chi connectivity index (χ4v) is 7.57. The average Bonchev–Trinajstić information content (AvgIpc) is 3.00. The summed E-state index contributed by atoms with van der Waals surface area (Å²) in [5, 5.41) is 0. The predicted molar refractivity (Wildman–Crippen MR) is 111 cm³/mol. The Morgan fingerprint density at radius 1 is 1.11 bits per heavy atom. The van der Waals surface area contributed by atoms with Gasteiger partial charge in [0.05, 0.1) is 6.10 Å². The van der Waals surface area contributed by atoms with E-state index in [2.05, 4.69) is 31.9 Å². The van der Waals surface area contributed by atoms with Crippen molar-refractivity contribution in [3.63, 3.8) is 0 Å². The number of ether oxygens (including phenoxy) is 1. The molecule has 5 rings (SSSR count). The fourth-order valence-electron chi connectivity index (χ4n) is 7.57. The summed E-state index contributed by atoms with van der Waals surface area (Å²) in [4.78, 5) is 2.58. The van der Waals surface area contributed by atoms with Crippen LogP contribution < -0.4 is 4.74 Å². The lowest BCUT2D eigenvalue weighted by atomic mass is 9.50. The highest BCUT2D eigenvalue weighted by Crippen LogP contribution is 2.64. The van der Waals surface area contributed by atoms with Gasteiger partial charge < -0.3 is 9.64 Å². The molecule has 2 nitrogen and oxygen atoms in total.